The van der Waals surface area contributed by atoms with E-state index < -0.39 is 0 Å². The molecule has 1 aliphatic rings. The zero-order chi connectivity index (χ0) is 24.1. The molecule has 0 bridgehead atoms. The number of fused-ring (bicyclic) bond motifs is 1. The van der Waals surface area contributed by atoms with Gasteiger partial charge in [0.05, 0.1) is 11.3 Å². The van der Waals surface area contributed by atoms with Crippen molar-refractivity contribution in [3.63, 3.8) is 0 Å². The number of anilines is 3. The summed E-state index contributed by atoms with van der Waals surface area (Å²) in [5, 5.41) is 8.99. The Balaban J connectivity index is 1.60. The molecular formula is C27H26N4O3. The molecule has 0 saturated heterocycles. The largest absolute Gasteiger partial charge is 0.356 e. The second kappa shape index (κ2) is 10.0. The first-order chi connectivity index (χ1) is 16.4. The maximum atomic E-state index is 12.9. The molecule has 7 nitrogen and oxygen atoms in total. The van der Waals surface area contributed by atoms with E-state index in [1.54, 1.807) is 11.9 Å². The summed E-state index contributed by atoms with van der Waals surface area (Å²) in [4.78, 5) is 37.9. The number of hydrogen-bond acceptors (Lipinski definition) is 4. The molecular weight excluding hydrogens is 428 g/mol. The van der Waals surface area contributed by atoms with Crippen LogP contribution in [0.1, 0.15) is 24.5 Å². The third-order valence-corrected chi connectivity index (χ3v) is 5.59. The molecule has 4 rings (SSSR count). The molecule has 0 radical (unpaired) electrons. The molecule has 0 atom stereocenters. The van der Waals surface area contributed by atoms with Gasteiger partial charge < -0.3 is 20.9 Å². The number of nitrogens with one attached hydrogen (secondary N) is 3. The van der Waals surface area contributed by atoms with Crippen molar-refractivity contribution in [1.82, 2.24) is 5.32 Å². The smallest absolute Gasteiger partial charge is 0.258 e. The summed E-state index contributed by atoms with van der Waals surface area (Å²) in [6.07, 6.45) is 0.217. The van der Waals surface area contributed by atoms with E-state index in [1.807, 2.05) is 78.9 Å². The van der Waals surface area contributed by atoms with Gasteiger partial charge in [0.25, 0.3) is 5.91 Å². The number of hydrogen-bond donors (Lipinski definition) is 3. The minimum absolute atomic E-state index is 0.0965. The van der Waals surface area contributed by atoms with Crippen LogP contribution in [0.3, 0.4) is 0 Å². The molecule has 1 aliphatic heterocycles. The lowest BCUT2D eigenvalue weighted by atomic mass is 10.00. The Labute approximate surface area is 198 Å². The Morgan fingerprint density at radius 3 is 2.29 bits per heavy atom. The fourth-order valence-electron chi connectivity index (χ4n) is 3.82. The molecule has 172 valence electrons. The average Bonchev–Trinajstić information content (AvgIpc) is 3.18. The van der Waals surface area contributed by atoms with Crippen molar-refractivity contribution in [3.8, 4) is 0 Å². The predicted molar refractivity (Wildman–Crippen MR) is 135 cm³/mol. The van der Waals surface area contributed by atoms with Crippen molar-refractivity contribution in [2.75, 3.05) is 29.1 Å². The van der Waals surface area contributed by atoms with Crippen molar-refractivity contribution < 1.29 is 14.4 Å². The predicted octanol–water partition coefficient (Wildman–Crippen LogP) is 4.11. The summed E-state index contributed by atoms with van der Waals surface area (Å²) in [5.74, 6) is -0.415. The van der Waals surface area contributed by atoms with Gasteiger partial charge in [-0.15, -0.1) is 0 Å². The van der Waals surface area contributed by atoms with Crippen LogP contribution < -0.4 is 20.9 Å². The van der Waals surface area contributed by atoms with E-state index in [2.05, 4.69) is 16.0 Å². The molecule has 0 spiro atoms. The van der Waals surface area contributed by atoms with Gasteiger partial charge in [-0.1, -0.05) is 48.5 Å². The monoisotopic (exact) mass is 454 g/mol. The third kappa shape index (κ3) is 4.99. The number of rotatable bonds is 7. The second-order valence-corrected chi connectivity index (χ2v) is 7.97. The average molecular weight is 455 g/mol. The van der Waals surface area contributed by atoms with Gasteiger partial charge in [-0.3, -0.25) is 14.4 Å². The van der Waals surface area contributed by atoms with Gasteiger partial charge in [0.2, 0.25) is 11.8 Å². The maximum absolute atomic E-state index is 12.9. The first-order valence-electron chi connectivity index (χ1n) is 11.0. The molecule has 3 aromatic rings. The molecule has 0 aromatic heterocycles. The molecule has 3 amide bonds. The maximum Gasteiger partial charge on any atom is 0.258 e. The van der Waals surface area contributed by atoms with E-state index in [-0.39, 0.29) is 24.1 Å². The molecule has 7 heteroatoms. The normalized spacial score (nSPS) is 13.5. The van der Waals surface area contributed by atoms with E-state index in [1.165, 1.54) is 6.92 Å². The summed E-state index contributed by atoms with van der Waals surface area (Å²) < 4.78 is 0. The van der Waals surface area contributed by atoms with E-state index in [4.69, 9.17) is 0 Å². The zero-order valence-corrected chi connectivity index (χ0v) is 19.1. The van der Waals surface area contributed by atoms with Crippen LogP contribution in [0.4, 0.5) is 17.1 Å². The lowest BCUT2D eigenvalue weighted by Gasteiger charge is -2.19. The summed E-state index contributed by atoms with van der Waals surface area (Å²) in [6.45, 7) is 1.72. The molecule has 34 heavy (non-hydrogen) atoms. The number of carbonyl (C=O) groups excluding carboxylic acids is 3. The van der Waals surface area contributed by atoms with E-state index >= 15 is 0 Å². The highest BCUT2D eigenvalue weighted by molar-refractivity contribution is 6.37. The van der Waals surface area contributed by atoms with Crippen LogP contribution in [0.2, 0.25) is 0 Å². The topological polar surface area (TPSA) is 90.5 Å². The molecule has 0 saturated carbocycles. The fraction of sp³-hybridized carbons (Fsp3) is 0.148. The first kappa shape index (κ1) is 22.8. The SMILES string of the molecule is CC(=O)NCCC(=O)N(C)c1ccc(N/C(=C2\C(=O)Nc3ccccc32)c2ccccc2)cc1. The van der Waals surface area contributed by atoms with Crippen LogP contribution in [-0.2, 0) is 14.4 Å². The highest BCUT2D eigenvalue weighted by Crippen LogP contribution is 2.37. The number of carbonyl (C=O) groups is 3. The summed E-state index contributed by atoms with van der Waals surface area (Å²) >= 11 is 0. The molecule has 0 fully saturated rings. The highest BCUT2D eigenvalue weighted by atomic mass is 16.2. The Kier molecular flexibility index (Phi) is 6.73. The Bertz CT molecular complexity index is 1250. The quantitative estimate of drug-likeness (QED) is 0.469. The second-order valence-electron chi connectivity index (χ2n) is 7.97. The Hall–Kier alpha value is -4.39. The van der Waals surface area contributed by atoms with Gasteiger partial charge in [0.15, 0.2) is 0 Å². The van der Waals surface area contributed by atoms with E-state index in [0.29, 0.717) is 17.8 Å². The summed E-state index contributed by atoms with van der Waals surface area (Å²) in [7, 11) is 1.70. The number of nitrogens with zero attached hydrogens (tertiary/aromatic N) is 1. The summed E-state index contributed by atoms with van der Waals surface area (Å²) in [6, 6.07) is 24.8. The van der Waals surface area contributed by atoms with Gasteiger partial charge >= 0.3 is 0 Å². The van der Waals surface area contributed by atoms with Crippen LogP contribution in [0.15, 0.2) is 78.9 Å². The lowest BCUT2D eigenvalue weighted by Crippen LogP contribution is -2.31. The Morgan fingerprint density at radius 2 is 1.59 bits per heavy atom. The van der Waals surface area contributed by atoms with Crippen LogP contribution in [0, 0.1) is 0 Å². The number of benzene rings is 3. The lowest BCUT2D eigenvalue weighted by molar-refractivity contribution is -0.120. The van der Waals surface area contributed by atoms with Gasteiger partial charge in [-0.2, -0.15) is 0 Å². The first-order valence-corrected chi connectivity index (χ1v) is 11.0. The van der Waals surface area contributed by atoms with Crippen molar-refractivity contribution in [2.45, 2.75) is 13.3 Å². The minimum atomic E-state index is -0.159. The van der Waals surface area contributed by atoms with Crippen molar-refractivity contribution in [3.05, 3.63) is 90.0 Å². The van der Waals surface area contributed by atoms with Crippen LogP contribution in [0.5, 0.6) is 0 Å². The molecule has 0 unspecified atom stereocenters. The third-order valence-electron chi connectivity index (χ3n) is 5.59. The molecule has 1 heterocycles. The van der Waals surface area contributed by atoms with Crippen LogP contribution in [0.25, 0.3) is 11.3 Å². The highest BCUT2D eigenvalue weighted by Gasteiger charge is 2.28. The standard InChI is InChI=1S/C27H26N4O3/c1-18(32)28-17-16-24(33)31(2)21-14-12-20(13-15-21)29-26(19-8-4-3-5-9-19)25-22-10-6-7-11-23(22)30-27(25)34/h3-15,29H,16-17H2,1-2H3,(H,28,32)(H,30,34)/b26-25-. The molecule has 3 aromatic carbocycles. The zero-order valence-electron chi connectivity index (χ0n) is 19.1. The van der Waals surface area contributed by atoms with Crippen molar-refractivity contribution in [1.29, 1.82) is 0 Å². The van der Waals surface area contributed by atoms with Crippen molar-refractivity contribution >= 4 is 46.1 Å². The summed E-state index contributed by atoms with van der Waals surface area (Å²) in [5.41, 5.74) is 5.32. The van der Waals surface area contributed by atoms with Crippen molar-refractivity contribution in [2.24, 2.45) is 0 Å². The van der Waals surface area contributed by atoms with Gasteiger partial charge in [-0.05, 0) is 35.9 Å². The van der Waals surface area contributed by atoms with Crippen LogP contribution >= 0.6 is 0 Å². The molecule has 3 N–H and O–H groups in total. The van der Waals surface area contributed by atoms with E-state index in [0.717, 1.165) is 28.2 Å². The Morgan fingerprint density at radius 1 is 0.912 bits per heavy atom. The minimum Gasteiger partial charge on any atom is -0.356 e. The molecule has 0 aliphatic carbocycles. The number of amides is 3. The van der Waals surface area contributed by atoms with Gasteiger partial charge in [-0.25, -0.2) is 0 Å². The van der Waals surface area contributed by atoms with Gasteiger partial charge in [0.1, 0.15) is 0 Å². The van der Waals surface area contributed by atoms with E-state index in [9.17, 15) is 14.4 Å². The van der Waals surface area contributed by atoms with Gasteiger partial charge in [0, 0.05) is 49.6 Å². The number of para-hydroxylation sites is 1. The fourth-order valence-corrected chi connectivity index (χ4v) is 3.82. The van der Waals surface area contributed by atoms with Crippen LogP contribution in [-0.4, -0.2) is 31.3 Å².